The third-order valence-electron chi connectivity index (χ3n) is 4.24. The third-order valence-corrected chi connectivity index (χ3v) is 6.31. The number of carbonyl (C=O) groups excluding carboxylic acids is 1. The molecule has 0 bridgehead atoms. The Bertz CT molecular complexity index is 1080. The summed E-state index contributed by atoms with van der Waals surface area (Å²) in [6.07, 6.45) is 2.96. The first-order valence-electron chi connectivity index (χ1n) is 8.54. The van der Waals surface area contributed by atoms with Gasteiger partial charge in [-0.3, -0.25) is 9.10 Å². The van der Waals surface area contributed by atoms with Crippen molar-refractivity contribution in [2.75, 3.05) is 17.4 Å². The van der Waals surface area contributed by atoms with Gasteiger partial charge in [-0.25, -0.2) is 8.42 Å². The lowest BCUT2D eigenvalue weighted by atomic mass is 9.95. The number of sulfonamides is 1. The van der Waals surface area contributed by atoms with E-state index >= 15 is 0 Å². The van der Waals surface area contributed by atoms with Crippen LogP contribution in [0.15, 0.2) is 78.7 Å². The normalized spacial score (nSPS) is 15.0. The van der Waals surface area contributed by atoms with Gasteiger partial charge in [0.2, 0.25) is 0 Å². The molecule has 1 heterocycles. The molecule has 3 rings (SSSR count). The van der Waals surface area contributed by atoms with Crippen molar-refractivity contribution < 1.29 is 13.2 Å². The Balaban J connectivity index is 2.41. The molecule has 0 saturated carbocycles. The first kappa shape index (κ1) is 19.9. The van der Waals surface area contributed by atoms with E-state index in [1.165, 1.54) is 16.5 Å². The molecule has 1 amide bonds. The van der Waals surface area contributed by atoms with Crippen LogP contribution in [0.4, 0.5) is 5.69 Å². The van der Waals surface area contributed by atoms with Gasteiger partial charge >= 0.3 is 0 Å². The van der Waals surface area contributed by atoms with Crippen LogP contribution in [-0.4, -0.2) is 27.4 Å². The van der Waals surface area contributed by atoms with Crippen LogP contribution >= 0.6 is 11.6 Å². The molecule has 1 N–H and O–H groups in total. The second-order valence-electron chi connectivity index (χ2n) is 6.06. The van der Waals surface area contributed by atoms with Crippen LogP contribution < -0.4 is 9.62 Å². The Kier molecular flexibility index (Phi) is 5.72. The van der Waals surface area contributed by atoms with Crippen LogP contribution in [-0.2, 0) is 14.8 Å². The highest BCUT2D eigenvalue weighted by molar-refractivity contribution is 7.97. The Morgan fingerprint density at radius 1 is 1.11 bits per heavy atom. The molecule has 0 spiro atoms. The summed E-state index contributed by atoms with van der Waals surface area (Å²) in [4.78, 5) is 12.6. The molecule has 1 aliphatic heterocycles. The fourth-order valence-electron chi connectivity index (χ4n) is 3.10. The zero-order chi connectivity index (χ0) is 20.3. The van der Waals surface area contributed by atoms with Gasteiger partial charge in [-0.05, 0) is 23.8 Å². The summed E-state index contributed by atoms with van der Waals surface area (Å²) >= 11 is 6.21. The van der Waals surface area contributed by atoms with Crippen LogP contribution in [0.3, 0.4) is 0 Å². The van der Waals surface area contributed by atoms with E-state index in [1.807, 2.05) is 6.07 Å². The Morgan fingerprint density at radius 3 is 2.46 bits per heavy atom. The Hall–Kier alpha value is -2.83. The monoisotopic (exact) mass is 414 g/mol. The number of benzene rings is 2. The van der Waals surface area contributed by atoms with Crippen LogP contribution in [0.25, 0.3) is 5.57 Å². The minimum absolute atomic E-state index is 0.0251. The van der Waals surface area contributed by atoms with Crippen LogP contribution in [0.2, 0.25) is 5.02 Å². The molecule has 0 radical (unpaired) electrons. The van der Waals surface area contributed by atoms with Gasteiger partial charge in [-0.15, -0.1) is 13.2 Å². The summed E-state index contributed by atoms with van der Waals surface area (Å²) in [6, 6.07) is 13.9. The first-order valence-corrected chi connectivity index (χ1v) is 10.4. The van der Waals surface area contributed by atoms with Gasteiger partial charge in [0, 0.05) is 22.7 Å². The Morgan fingerprint density at radius 2 is 1.82 bits per heavy atom. The molecule has 2 aromatic rings. The van der Waals surface area contributed by atoms with Crippen LogP contribution in [0, 0.1) is 0 Å². The van der Waals surface area contributed by atoms with Gasteiger partial charge in [0.05, 0.1) is 12.2 Å². The van der Waals surface area contributed by atoms with E-state index < -0.39 is 15.9 Å². The number of nitrogens with one attached hydrogen (secondary N) is 1. The molecule has 0 aliphatic carbocycles. The van der Waals surface area contributed by atoms with E-state index in [0.717, 1.165) is 0 Å². The van der Waals surface area contributed by atoms with Crippen molar-refractivity contribution >= 4 is 38.8 Å². The highest BCUT2D eigenvalue weighted by atomic mass is 35.5. The molecule has 1 aliphatic rings. The van der Waals surface area contributed by atoms with Gasteiger partial charge in [-0.2, -0.15) is 0 Å². The number of fused-ring (bicyclic) bond motifs is 1. The molecular weight excluding hydrogens is 396 g/mol. The standard InChI is InChI=1S/C21H19ClN2O3S/c1-3-12-23-21(25)20-19(15-8-6-5-7-9-15)17-14-16(22)10-11-18(17)24(13-4-2)28(20,26)27/h3-11,14H,1-2,12-13H2,(H,23,25). The van der Waals surface area contributed by atoms with Crippen molar-refractivity contribution in [1.82, 2.24) is 5.32 Å². The fraction of sp³-hybridized carbons (Fsp3) is 0.0952. The number of halogens is 1. The second-order valence-corrected chi connectivity index (χ2v) is 8.29. The molecule has 0 aromatic heterocycles. The third kappa shape index (κ3) is 3.48. The lowest BCUT2D eigenvalue weighted by Gasteiger charge is -2.33. The average Bonchev–Trinajstić information content (AvgIpc) is 2.68. The van der Waals surface area contributed by atoms with Gasteiger partial charge in [0.1, 0.15) is 0 Å². The zero-order valence-corrected chi connectivity index (χ0v) is 16.6. The molecule has 0 unspecified atom stereocenters. The highest BCUT2D eigenvalue weighted by Crippen LogP contribution is 2.43. The average molecular weight is 415 g/mol. The smallest absolute Gasteiger partial charge is 0.270 e. The lowest BCUT2D eigenvalue weighted by Crippen LogP contribution is -2.41. The van der Waals surface area contributed by atoms with Gasteiger partial charge in [-0.1, -0.05) is 54.1 Å². The van der Waals surface area contributed by atoms with Crippen molar-refractivity contribution in [1.29, 1.82) is 0 Å². The quantitative estimate of drug-likeness (QED) is 0.732. The van der Waals surface area contributed by atoms with E-state index in [2.05, 4.69) is 18.5 Å². The van der Waals surface area contributed by atoms with E-state index in [9.17, 15) is 13.2 Å². The maximum atomic E-state index is 13.4. The van der Waals surface area contributed by atoms with Crippen LogP contribution in [0.1, 0.15) is 11.1 Å². The van der Waals surface area contributed by atoms with Crippen LogP contribution in [0.5, 0.6) is 0 Å². The number of nitrogens with zero attached hydrogens (tertiary/aromatic N) is 1. The predicted molar refractivity (Wildman–Crippen MR) is 114 cm³/mol. The molecule has 0 atom stereocenters. The summed E-state index contributed by atoms with van der Waals surface area (Å²) < 4.78 is 28.0. The molecule has 144 valence electrons. The molecule has 0 saturated heterocycles. The molecule has 5 nitrogen and oxygen atoms in total. The van der Waals surface area contributed by atoms with Crippen molar-refractivity contribution in [2.45, 2.75) is 0 Å². The molecule has 7 heteroatoms. The number of anilines is 1. The minimum atomic E-state index is -4.13. The van der Waals surface area contributed by atoms with E-state index in [0.29, 0.717) is 27.4 Å². The predicted octanol–water partition coefficient (Wildman–Crippen LogP) is 3.74. The fourth-order valence-corrected chi connectivity index (χ4v) is 5.00. The summed E-state index contributed by atoms with van der Waals surface area (Å²) in [5.74, 6) is -0.696. The van der Waals surface area contributed by atoms with E-state index in [4.69, 9.17) is 11.6 Å². The highest BCUT2D eigenvalue weighted by Gasteiger charge is 2.40. The molecule has 28 heavy (non-hydrogen) atoms. The van der Waals surface area contributed by atoms with E-state index in [-0.39, 0.29) is 18.0 Å². The lowest BCUT2D eigenvalue weighted by molar-refractivity contribution is -0.116. The minimum Gasteiger partial charge on any atom is -0.348 e. The second kappa shape index (κ2) is 8.04. The number of amides is 1. The zero-order valence-electron chi connectivity index (χ0n) is 15.1. The summed E-state index contributed by atoms with van der Waals surface area (Å²) in [5, 5.41) is 3.03. The summed E-state index contributed by atoms with van der Waals surface area (Å²) in [6.45, 7) is 7.38. The summed E-state index contributed by atoms with van der Waals surface area (Å²) in [5.41, 5.74) is 1.94. The van der Waals surface area contributed by atoms with Crippen molar-refractivity contribution in [3.05, 3.63) is 94.9 Å². The maximum absolute atomic E-state index is 13.4. The first-order chi connectivity index (χ1) is 13.4. The van der Waals surface area contributed by atoms with Gasteiger partial charge in [0.15, 0.2) is 4.91 Å². The number of rotatable bonds is 6. The maximum Gasteiger partial charge on any atom is 0.270 e. The van der Waals surface area contributed by atoms with Gasteiger partial charge in [0.25, 0.3) is 15.9 Å². The van der Waals surface area contributed by atoms with Crippen molar-refractivity contribution in [2.24, 2.45) is 0 Å². The molecule has 2 aromatic carbocycles. The van der Waals surface area contributed by atoms with Crippen molar-refractivity contribution in [3.63, 3.8) is 0 Å². The SMILES string of the molecule is C=CCNC(=O)C1=C(c2ccccc2)c2cc(Cl)ccc2N(CC=C)S1(=O)=O. The Labute approximate surface area is 169 Å². The molecule has 0 fully saturated rings. The number of hydrogen-bond donors (Lipinski definition) is 1. The van der Waals surface area contributed by atoms with Gasteiger partial charge < -0.3 is 5.32 Å². The van der Waals surface area contributed by atoms with Crippen molar-refractivity contribution in [3.8, 4) is 0 Å². The summed E-state index contributed by atoms with van der Waals surface area (Å²) in [7, 11) is -4.13. The number of hydrogen-bond acceptors (Lipinski definition) is 3. The topological polar surface area (TPSA) is 66.5 Å². The number of carbonyl (C=O) groups is 1. The molecular formula is C21H19ClN2O3S. The largest absolute Gasteiger partial charge is 0.348 e. The van der Waals surface area contributed by atoms with E-state index in [1.54, 1.807) is 42.5 Å².